The van der Waals surface area contributed by atoms with Crippen molar-refractivity contribution in [2.45, 2.75) is 38.0 Å². The first-order valence-corrected chi connectivity index (χ1v) is 6.72. The molecule has 104 valence electrons. The second-order valence-electron chi connectivity index (χ2n) is 5.08. The fourth-order valence-corrected chi connectivity index (χ4v) is 2.93. The van der Waals surface area contributed by atoms with Gasteiger partial charge in [-0.2, -0.15) is 0 Å². The minimum atomic E-state index is -0.994. The zero-order valence-electron chi connectivity index (χ0n) is 10.3. The molecule has 1 saturated carbocycles. The molecule has 2 nitrogen and oxygen atoms in total. The summed E-state index contributed by atoms with van der Waals surface area (Å²) in [5.41, 5.74) is 0.357. The van der Waals surface area contributed by atoms with E-state index in [1.54, 1.807) is 0 Å². The molecule has 1 fully saturated rings. The Bertz CT molecular complexity index is 483. The van der Waals surface area contributed by atoms with Gasteiger partial charge in [0, 0.05) is 6.42 Å². The fraction of sp³-hybridized carbons (Fsp3) is 0.500. The van der Waals surface area contributed by atoms with E-state index < -0.39 is 17.6 Å². The number of hydrogen-bond donors (Lipinski definition) is 1. The molecule has 0 bridgehead atoms. The quantitative estimate of drug-likeness (QED) is 0.839. The Kier molecular flexibility index (Phi) is 4.40. The molecule has 0 amide bonds. The third-order valence-electron chi connectivity index (χ3n) is 3.81. The van der Waals surface area contributed by atoms with Crippen molar-refractivity contribution in [2.75, 3.05) is 0 Å². The van der Waals surface area contributed by atoms with Crippen LogP contribution < -0.4 is 0 Å². The van der Waals surface area contributed by atoms with Gasteiger partial charge in [-0.3, -0.25) is 4.79 Å². The van der Waals surface area contributed by atoms with Crippen molar-refractivity contribution in [1.82, 2.24) is 0 Å². The van der Waals surface area contributed by atoms with E-state index >= 15 is 0 Å². The second kappa shape index (κ2) is 5.87. The van der Waals surface area contributed by atoms with Gasteiger partial charge in [-0.25, -0.2) is 8.78 Å². The zero-order valence-corrected chi connectivity index (χ0v) is 11.1. The van der Waals surface area contributed by atoms with Gasteiger partial charge in [0.05, 0.1) is 5.02 Å². The summed E-state index contributed by atoms with van der Waals surface area (Å²) in [4.78, 5) is 10.6. The molecule has 1 aliphatic rings. The third kappa shape index (κ3) is 3.24. The van der Waals surface area contributed by atoms with Gasteiger partial charge in [0.2, 0.25) is 0 Å². The molecule has 0 spiro atoms. The van der Waals surface area contributed by atoms with Gasteiger partial charge in [0.1, 0.15) is 0 Å². The summed E-state index contributed by atoms with van der Waals surface area (Å²) in [5, 5.41) is 8.53. The van der Waals surface area contributed by atoms with E-state index in [9.17, 15) is 13.6 Å². The van der Waals surface area contributed by atoms with Crippen molar-refractivity contribution in [3.8, 4) is 0 Å². The molecule has 0 radical (unpaired) electrons. The molecule has 1 aromatic rings. The molecule has 0 heterocycles. The number of carboxylic acids is 1. The highest BCUT2D eigenvalue weighted by atomic mass is 35.5. The van der Waals surface area contributed by atoms with Crippen molar-refractivity contribution in [3.63, 3.8) is 0 Å². The van der Waals surface area contributed by atoms with Gasteiger partial charge in [0.15, 0.2) is 11.6 Å². The highest BCUT2D eigenvalue weighted by molar-refractivity contribution is 6.30. The van der Waals surface area contributed by atoms with Crippen molar-refractivity contribution in [1.29, 1.82) is 0 Å². The molecule has 1 N–H and O–H groups in total. The minimum absolute atomic E-state index is 0.0446. The lowest BCUT2D eigenvalue weighted by molar-refractivity contribution is -0.138. The molecular formula is C14H15ClF2O2. The summed E-state index contributed by atoms with van der Waals surface area (Å²) in [6.45, 7) is 0. The molecule has 0 unspecified atom stereocenters. The summed E-state index contributed by atoms with van der Waals surface area (Å²) < 4.78 is 27.2. The Balaban J connectivity index is 2.06. The predicted molar refractivity (Wildman–Crippen MR) is 68.3 cm³/mol. The lowest BCUT2D eigenvalue weighted by atomic mass is 9.77. The van der Waals surface area contributed by atoms with Gasteiger partial charge in [0.25, 0.3) is 0 Å². The van der Waals surface area contributed by atoms with Crippen LogP contribution in [0.15, 0.2) is 12.1 Å². The molecule has 0 saturated heterocycles. The normalized spacial score (nSPS) is 23.3. The average molecular weight is 289 g/mol. The predicted octanol–water partition coefficient (Wildman–Crippen LogP) is 4.37. The minimum Gasteiger partial charge on any atom is -0.481 e. The van der Waals surface area contributed by atoms with Gasteiger partial charge in [-0.1, -0.05) is 17.7 Å². The molecule has 1 aliphatic carbocycles. The topological polar surface area (TPSA) is 37.3 Å². The van der Waals surface area contributed by atoms with Crippen molar-refractivity contribution in [3.05, 3.63) is 34.4 Å². The SMILES string of the molecule is O=C(O)CC1CCC(c2ccc(Cl)c(F)c2F)CC1. The largest absolute Gasteiger partial charge is 0.481 e. The average Bonchev–Trinajstić information content (AvgIpc) is 2.37. The highest BCUT2D eigenvalue weighted by Gasteiger charge is 2.27. The van der Waals surface area contributed by atoms with Crippen LogP contribution in [0.4, 0.5) is 8.78 Å². The molecule has 2 rings (SSSR count). The Morgan fingerprint density at radius 3 is 2.42 bits per heavy atom. The summed E-state index contributed by atoms with van der Waals surface area (Å²) >= 11 is 5.53. The number of aliphatic carboxylic acids is 1. The maximum Gasteiger partial charge on any atom is 0.303 e. The van der Waals surface area contributed by atoms with Crippen LogP contribution in [-0.4, -0.2) is 11.1 Å². The van der Waals surface area contributed by atoms with E-state index in [-0.39, 0.29) is 23.3 Å². The number of benzene rings is 1. The van der Waals surface area contributed by atoms with Crippen LogP contribution in [0, 0.1) is 17.6 Å². The van der Waals surface area contributed by atoms with Crippen LogP contribution in [-0.2, 0) is 4.79 Å². The Morgan fingerprint density at radius 1 is 1.21 bits per heavy atom. The lowest BCUT2D eigenvalue weighted by Gasteiger charge is -2.28. The van der Waals surface area contributed by atoms with Crippen molar-refractivity contribution in [2.24, 2.45) is 5.92 Å². The number of halogens is 3. The van der Waals surface area contributed by atoms with Crippen molar-refractivity contribution < 1.29 is 18.7 Å². The van der Waals surface area contributed by atoms with Crippen LogP contribution in [0.5, 0.6) is 0 Å². The number of hydrogen-bond acceptors (Lipinski definition) is 1. The van der Waals surface area contributed by atoms with Crippen LogP contribution in [0.3, 0.4) is 0 Å². The summed E-state index contributed by atoms with van der Waals surface area (Å²) in [7, 11) is 0. The fourth-order valence-electron chi connectivity index (χ4n) is 2.78. The van der Waals surface area contributed by atoms with Gasteiger partial charge < -0.3 is 5.11 Å². The monoisotopic (exact) mass is 288 g/mol. The Hall–Kier alpha value is -1.16. The second-order valence-corrected chi connectivity index (χ2v) is 5.49. The molecular weight excluding hydrogens is 274 g/mol. The smallest absolute Gasteiger partial charge is 0.303 e. The molecule has 19 heavy (non-hydrogen) atoms. The van der Waals surface area contributed by atoms with E-state index in [1.807, 2.05) is 0 Å². The van der Waals surface area contributed by atoms with E-state index in [0.29, 0.717) is 18.4 Å². The molecule has 5 heteroatoms. The van der Waals surface area contributed by atoms with Gasteiger partial charge in [-0.15, -0.1) is 0 Å². The van der Waals surface area contributed by atoms with Crippen molar-refractivity contribution >= 4 is 17.6 Å². The van der Waals surface area contributed by atoms with E-state index in [1.165, 1.54) is 12.1 Å². The van der Waals surface area contributed by atoms with Crippen LogP contribution in [0.2, 0.25) is 5.02 Å². The number of carbonyl (C=O) groups is 1. The van der Waals surface area contributed by atoms with Crippen LogP contribution in [0.1, 0.15) is 43.6 Å². The molecule has 0 aliphatic heterocycles. The highest BCUT2D eigenvalue weighted by Crippen LogP contribution is 2.39. The maximum absolute atomic E-state index is 13.8. The molecule has 1 aromatic carbocycles. The van der Waals surface area contributed by atoms with Gasteiger partial charge >= 0.3 is 5.97 Å². The Morgan fingerprint density at radius 2 is 1.84 bits per heavy atom. The van der Waals surface area contributed by atoms with Gasteiger partial charge in [-0.05, 0) is 49.1 Å². The number of rotatable bonds is 3. The van der Waals surface area contributed by atoms with Crippen LogP contribution >= 0.6 is 11.6 Å². The standard InChI is InChI=1S/C14H15ClF2O2/c15-11-6-5-10(13(16)14(11)17)9-3-1-8(2-4-9)7-12(18)19/h5-6,8-9H,1-4,7H2,(H,18,19). The first kappa shape index (κ1) is 14.3. The summed E-state index contributed by atoms with van der Waals surface area (Å²) in [6, 6.07) is 2.90. The maximum atomic E-state index is 13.8. The summed E-state index contributed by atoms with van der Waals surface area (Å²) in [6.07, 6.45) is 3.01. The third-order valence-corrected chi connectivity index (χ3v) is 4.11. The van der Waals surface area contributed by atoms with E-state index in [0.717, 1.165) is 12.8 Å². The van der Waals surface area contributed by atoms with Crippen LogP contribution in [0.25, 0.3) is 0 Å². The van der Waals surface area contributed by atoms with E-state index in [4.69, 9.17) is 16.7 Å². The first-order chi connectivity index (χ1) is 8.99. The Labute approximate surface area is 115 Å². The van der Waals surface area contributed by atoms with E-state index in [2.05, 4.69) is 0 Å². The molecule has 0 aromatic heterocycles. The zero-order chi connectivity index (χ0) is 14.0. The number of carboxylic acid groups (broad SMARTS) is 1. The summed E-state index contributed by atoms with van der Waals surface area (Å²) in [5.74, 6) is -2.56. The molecule has 0 atom stereocenters. The lowest BCUT2D eigenvalue weighted by Crippen LogP contribution is -2.17. The first-order valence-electron chi connectivity index (χ1n) is 6.34.